The summed E-state index contributed by atoms with van der Waals surface area (Å²) >= 11 is 0. The van der Waals surface area contributed by atoms with Gasteiger partial charge >= 0.3 is 6.18 Å². The van der Waals surface area contributed by atoms with Crippen LogP contribution in [0.1, 0.15) is 21.7 Å². The van der Waals surface area contributed by atoms with Crippen LogP contribution in [0.4, 0.5) is 17.6 Å². The number of halogens is 4. The summed E-state index contributed by atoms with van der Waals surface area (Å²) < 4.78 is 52.7. The maximum Gasteiger partial charge on any atom is 0.416 e. The van der Waals surface area contributed by atoms with Crippen LogP contribution in [0.25, 0.3) is 5.69 Å². The van der Waals surface area contributed by atoms with Crippen molar-refractivity contribution in [3.63, 3.8) is 0 Å². The highest BCUT2D eigenvalue weighted by molar-refractivity contribution is 5.94. The second-order valence-electron chi connectivity index (χ2n) is 5.25. The van der Waals surface area contributed by atoms with E-state index < -0.39 is 23.5 Å². The third kappa shape index (κ3) is 3.85. The summed E-state index contributed by atoms with van der Waals surface area (Å²) in [5, 5.41) is 13.3. The van der Waals surface area contributed by atoms with Crippen LogP contribution in [-0.2, 0) is 12.7 Å². The highest BCUT2D eigenvalue weighted by Crippen LogP contribution is 2.29. The van der Waals surface area contributed by atoms with Crippen molar-refractivity contribution in [1.82, 2.24) is 25.5 Å². The van der Waals surface area contributed by atoms with Crippen LogP contribution < -0.4 is 5.32 Å². The lowest BCUT2D eigenvalue weighted by Crippen LogP contribution is -2.25. The predicted molar refractivity (Wildman–Crippen MR) is 81.7 cm³/mol. The Morgan fingerprint density at radius 3 is 2.62 bits per heavy atom. The van der Waals surface area contributed by atoms with Gasteiger partial charge in [-0.15, -0.1) is 5.10 Å². The lowest BCUT2D eigenvalue weighted by molar-refractivity contribution is -0.137. The highest BCUT2D eigenvalue weighted by Gasteiger charge is 2.30. The van der Waals surface area contributed by atoms with E-state index >= 15 is 0 Å². The van der Waals surface area contributed by atoms with Crippen molar-refractivity contribution in [3.05, 3.63) is 71.3 Å². The molecule has 134 valence electrons. The maximum atomic E-state index is 13.3. The third-order valence-corrected chi connectivity index (χ3v) is 3.45. The van der Waals surface area contributed by atoms with Gasteiger partial charge in [0.05, 0.1) is 17.8 Å². The molecule has 6 nitrogen and oxygen atoms in total. The summed E-state index contributed by atoms with van der Waals surface area (Å²) in [6.07, 6.45) is -4.54. The number of tetrazole rings is 1. The van der Waals surface area contributed by atoms with E-state index in [0.717, 1.165) is 18.2 Å². The molecule has 10 heteroatoms. The number of alkyl halides is 3. The number of aromatic nitrogens is 4. The quantitative estimate of drug-likeness (QED) is 0.722. The second kappa shape index (κ2) is 6.90. The van der Waals surface area contributed by atoms with Crippen LogP contribution in [0.3, 0.4) is 0 Å². The summed E-state index contributed by atoms with van der Waals surface area (Å²) in [7, 11) is 0. The Morgan fingerprint density at radius 1 is 1.12 bits per heavy atom. The molecule has 0 saturated carbocycles. The molecular weight excluding hydrogens is 354 g/mol. The molecule has 0 radical (unpaired) electrons. The van der Waals surface area contributed by atoms with Gasteiger partial charge in [-0.1, -0.05) is 12.1 Å². The minimum Gasteiger partial charge on any atom is -0.345 e. The van der Waals surface area contributed by atoms with Gasteiger partial charge in [0.15, 0.2) is 5.82 Å². The first-order chi connectivity index (χ1) is 12.3. The largest absolute Gasteiger partial charge is 0.416 e. The van der Waals surface area contributed by atoms with E-state index in [-0.39, 0.29) is 17.9 Å². The van der Waals surface area contributed by atoms with Crippen LogP contribution in [-0.4, -0.2) is 26.1 Å². The number of hydrogen-bond acceptors (Lipinski definition) is 4. The number of carbonyl (C=O) groups excluding carboxylic acids is 1. The Bertz CT molecular complexity index is 938. The Hall–Kier alpha value is -3.30. The number of amides is 1. The van der Waals surface area contributed by atoms with E-state index in [1.165, 1.54) is 28.9 Å². The van der Waals surface area contributed by atoms with Gasteiger partial charge in [0, 0.05) is 5.56 Å². The van der Waals surface area contributed by atoms with Crippen molar-refractivity contribution in [2.24, 2.45) is 0 Å². The van der Waals surface area contributed by atoms with Crippen molar-refractivity contribution >= 4 is 5.91 Å². The summed E-state index contributed by atoms with van der Waals surface area (Å²) in [5.41, 5.74) is -0.724. The van der Waals surface area contributed by atoms with E-state index in [2.05, 4.69) is 20.8 Å². The number of nitrogens with one attached hydrogen (secondary N) is 1. The molecule has 0 spiro atoms. The topological polar surface area (TPSA) is 72.7 Å². The molecule has 0 saturated heterocycles. The molecule has 1 heterocycles. The van der Waals surface area contributed by atoms with E-state index in [1.54, 1.807) is 6.07 Å². The van der Waals surface area contributed by atoms with Gasteiger partial charge in [0.25, 0.3) is 5.91 Å². The van der Waals surface area contributed by atoms with E-state index in [4.69, 9.17) is 0 Å². The molecule has 26 heavy (non-hydrogen) atoms. The SMILES string of the molecule is O=C(NCc1nnnn1-c1cccc(F)c1)c1cccc(C(F)(F)F)c1. The lowest BCUT2D eigenvalue weighted by atomic mass is 10.1. The lowest BCUT2D eigenvalue weighted by Gasteiger charge is -2.09. The first-order valence-corrected chi connectivity index (χ1v) is 7.33. The van der Waals surface area contributed by atoms with Crippen molar-refractivity contribution < 1.29 is 22.4 Å². The zero-order chi connectivity index (χ0) is 18.7. The molecular formula is C16H11F4N5O. The number of rotatable bonds is 4. The fourth-order valence-electron chi connectivity index (χ4n) is 2.22. The monoisotopic (exact) mass is 365 g/mol. The van der Waals surface area contributed by atoms with Gasteiger partial charge in [-0.25, -0.2) is 4.39 Å². The average molecular weight is 365 g/mol. The molecule has 1 aromatic heterocycles. The molecule has 2 aromatic carbocycles. The molecule has 3 aromatic rings. The van der Waals surface area contributed by atoms with Crippen molar-refractivity contribution in [2.75, 3.05) is 0 Å². The average Bonchev–Trinajstić information content (AvgIpc) is 3.07. The molecule has 0 aliphatic rings. The second-order valence-corrected chi connectivity index (χ2v) is 5.25. The van der Waals surface area contributed by atoms with Gasteiger partial charge in [0.1, 0.15) is 5.82 Å². The Balaban J connectivity index is 1.75. The smallest absolute Gasteiger partial charge is 0.345 e. The molecule has 0 unspecified atom stereocenters. The minimum absolute atomic E-state index is 0.149. The van der Waals surface area contributed by atoms with Crippen molar-refractivity contribution in [3.8, 4) is 5.69 Å². The Morgan fingerprint density at radius 2 is 1.88 bits per heavy atom. The fourth-order valence-corrected chi connectivity index (χ4v) is 2.22. The predicted octanol–water partition coefficient (Wildman–Crippen LogP) is 2.75. The molecule has 0 fully saturated rings. The summed E-state index contributed by atoms with van der Waals surface area (Å²) in [5.74, 6) is -1.02. The van der Waals surface area contributed by atoms with Gasteiger partial charge in [-0.05, 0) is 46.8 Å². The van der Waals surface area contributed by atoms with Crippen LogP contribution in [0.15, 0.2) is 48.5 Å². The normalized spacial score (nSPS) is 11.4. The van der Waals surface area contributed by atoms with Crippen LogP contribution in [0.2, 0.25) is 0 Å². The molecule has 0 aliphatic heterocycles. The van der Waals surface area contributed by atoms with Gasteiger partial charge in [-0.2, -0.15) is 17.9 Å². The van der Waals surface area contributed by atoms with Gasteiger partial charge in [0.2, 0.25) is 0 Å². The Kier molecular flexibility index (Phi) is 4.65. The zero-order valence-corrected chi connectivity index (χ0v) is 13.0. The molecule has 0 aliphatic carbocycles. The van der Waals surface area contributed by atoms with Crippen LogP contribution in [0, 0.1) is 5.82 Å². The van der Waals surface area contributed by atoms with E-state index in [1.807, 2.05) is 0 Å². The number of nitrogens with zero attached hydrogens (tertiary/aromatic N) is 4. The molecule has 0 atom stereocenters. The first-order valence-electron chi connectivity index (χ1n) is 7.33. The van der Waals surface area contributed by atoms with Gasteiger partial charge < -0.3 is 5.32 Å². The maximum absolute atomic E-state index is 13.3. The minimum atomic E-state index is -4.54. The summed E-state index contributed by atoms with van der Waals surface area (Å²) in [6.45, 7) is -0.154. The summed E-state index contributed by atoms with van der Waals surface area (Å²) in [4.78, 5) is 12.1. The van der Waals surface area contributed by atoms with Crippen molar-refractivity contribution in [1.29, 1.82) is 0 Å². The number of hydrogen-bond donors (Lipinski definition) is 1. The first kappa shape index (κ1) is 17.5. The van der Waals surface area contributed by atoms with Crippen LogP contribution >= 0.6 is 0 Å². The molecule has 3 rings (SSSR count). The van der Waals surface area contributed by atoms with Crippen LogP contribution in [0.5, 0.6) is 0 Å². The summed E-state index contributed by atoms with van der Waals surface area (Å²) in [6, 6.07) is 9.53. The zero-order valence-electron chi connectivity index (χ0n) is 13.0. The number of benzene rings is 2. The number of carbonyl (C=O) groups is 1. The molecule has 0 bridgehead atoms. The van der Waals surface area contributed by atoms with Gasteiger partial charge in [-0.3, -0.25) is 4.79 Å². The van der Waals surface area contributed by atoms with Crippen molar-refractivity contribution in [2.45, 2.75) is 12.7 Å². The fraction of sp³-hybridized carbons (Fsp3) is 0.125. The Labute approximate surface area is 144 Å². The third-order valence-electron chi connectivity index (χ3n) is 3.45. The van der Waals surface area contributed by atoms with E-state index in [9.17, 15) is 22.4 Å². The molecule has 1 amide bonds. The standard InChI is InChI=1S/C16H11F4N5O/c17-12-5-2-6-13(8-12)25-14(22-23-24-25)9-21-15(26)10-3-1-4-11(7-10)16(18,19)20/h1-8H,9H2,(H,21,26). The molecule has 1 N–H and O–H groups in total. The van der Waals surface area contributed by atoms with E-state index in [0.29, 0.717) is 5.69 Å². The highest BCUT2D eigenvalue weighted by atomic mass is 19.4.